The van der Waals surface area contributed by atoms with Crippen molar-refractivity contribution in [2.24, 2.45) is 0 Å². The number of nitrogens with zero attached hydrogens (tertiary/aromatic N) is 1. The number of aliphatic hydroxyl groups excluding tert-OH is 1. The predicted molar refractivity (Wildman–Crippen MR) is 75.9 cm³/mol. The number of hydrogen-bond acceptors (Lipinski definition) is 3. The molecule has 4 heteroatoms. The molecule has 0 saturated carbocycles. The average molecular weight is 277 g/mol. The van der Waals surface area contributed by atoms with E-state index in [-0.39, 0.29) is 5.82 Å². The maximum absolute atomic E-state index is 13.1. The van der Waals surface area contributed by atoms with Gasteiger partial charge in [0.05, 0.1) is 12.6 Å². The molecule has 1 aromatic carbocycles. The fourth-order valence-corrected chi connectivity index (χ4v) is 2.31. The van der Waals surface area contributed by atoms with E-state index in [4.69, 9.17) is 4.42 Å². The molecule has 0 spiro atoms. The van der Waals surface area contributed by atoms with E-state index in [9.17, 15) is 9.50 Å². The molecule has 1 heterocycles. The first-order valence-corrected chi connectivity index (χ1v) is 6.63. The lowest BCUT2D eigenvalue weighted by Crippen LogP contribution is -2.24. The van der Waals surface area contributed by atoms with E-state index in [1.165, 1.54) is 12.1 Å². The second-order valence-electron chi connectivity index (χ2n) is 5.23. The maximum atomic E-state index is 13.1. The van der Waals surface area contributed by atoms with E-state index in [0.717, 1.165) is 22.6 Å². The summed E-state index contributed by atoms with van der Waals surface area (Å²) in [6.45, 7) is 4.80. The Morgan fingerprint density at radius 1 is 1.25 bits per heavy atom. The van der Waals surface area contributed by atoms with Crippen molar-refractivity contribution < 1.29 is 13.9 Å². The fourth-order valence-electron chi connectivity index (χ4n) is 2.31. The number of aliphatic hydroxyl groups is 1. The third-order valence-electron chi connectivity index (χ3n) is 3.30. The van der Waals surface area contributed by atoms with Crippen molar-refractivity contribution in [3.8, 4) is 0 Å². The largest absolute Gasteiger partial charge is 0.465 e. The fraction of sp³-hybridized carbons (Fsp3) is 0.375. The monoisotopic (exact) mass is 277 g/mol. The van der Waals surface area contributed by atoms with Gasteiger partial charge in [-0.25, -0.2) is 4.39 Å². The van der Waals surface area contributed by atoms with Crippen molar-refractivity contribution in [1.82, 2.24) is 4.90 Å². The molecule has 0 saturated heterocycles. The van der Waals surface area contributed by atoms with Gasteiger partial charge in [-0.1, -0.05) is 6.07 Å². The standard InChI is InChI=1S/C16H20FNO2/c1-11-8-13(17)5-7-15(11)16(19)10-18(3)9-14-6-4-12(2)20-14/h4-8,16,19H,9-10H2,1-3H3. The highest BCUT2D eigenvalue weighted by molar-refractivity contribution is 5.28. The number of halogens is 1. The molecular weight excluding hydrogens is 257 g/mol. The summed E-state index contributed by atoms with van der Waals surface area (Å²) in [6, 6.07) is 8.31. The zero-order valence-electron chi connectivity index (χ0n) is 12.1. The van der Waals surface area contributed by atoms with Gasteiger partial charge in [0.1, 0.15) is 17.3 Å². The minimum absolute atomic E-state index is 0.280. The summed E-state index contributed by atoms with van der Waals surface area (Å²) in [5, 5.41) is 10.3. The quantitative estimate of drug-likeness (QED) is 0.911. The third kappa shape index (κ3) is 3.68. The van der Waals surface area contributed by atoms with Crippen molar-refractivity contribution in [2.45, 2.75) is 26.5 Å². The Labute approximate surface area is 118 Å². The molecule has 0 fully saturated rings. The van der Waals surface area contributed by atoms with Gasteiger partial charge in [0.2, 0.25) is 0 Å². The lowest BCUT2D eigenvalue weighted by molar-refractivity contribution is 0.119. The van der Waals surface area contributed by atoms with Gasteiger partial charge in [-0.15, -0.1) is 0 Å². The van der Waals surface area contributed by atoms with Gasteiger partial charge in [0.15, 0.2) is 0 Å². The van der Waals surface area contributed by atoms with Crippen molar-refractivity contribution in [2.75, 3.05) is 13.6 Å². The van der Waals surface area contributed by atoms with Crippen LogP contribution in [-0.4, -0.2) is 23.6 Å². The van der Waals surface area contributed by atoms with Crippen LogP contribution < -0.4 is 0 Å². The first kappa shape index (κ1) is 14.8. The summed E-state index contributed by atoms with van der Waals surface area (Å²) in [7, 11) is 1.92. The zero-order valence-corrected chi connectivity index (χ0v) is 12.1. The number of benzene rings is 1. The molecule has 20 heavy (non-hydrogen) atoms. The van der Waals surface area contributed by atoms with E-state index in [1.807, 2.05) is 31.0 Å². The highest BCUT2D eigenvalue weighted by atomic mass is 19.1. The molecule has 2 aromatic rings. The Bertz CT molecular complexity index is 580. The Balaban J connectivity index is 1.98. The number of aryl methyl sites for hydroxylation is 2. The normalized spacial score (nSPS) is 12.9. The molecular formula is C16H20FNO2. The second-order valence-corrected chi connectivity index (χ2v) is 5.23. The molecule has 0 bridgehead atoms. The molecule has 1 N–H and O–H groups in total. The van der Waals surface area contributed by atoms with Crippen molar-refractivity contribution in [3.05, 3.63) is 58.8 Å². The molecule has 0 radical (unpaired) electrons. The summed E-state index contributed by atoms with van der Waals surface area (Å²) >= 11 is 0. The molecule has 0 aliphatic rings. The number of hydrogen-bond donors (Lipinski definition) is 1. The number of rotatable bonds is 5. The van der Waals surface area contributed by atoms with Crippen LogP contribution in [0.1, 0.15) is 28.8 Å². The van der Waals surface area contributed by atoms with Gasteiger partial charge in [0.25, 0.3) is 0 Å². The second kappa shape index (κ2) is 6.20. The summed E-state index contributed by atoms with van der Waals surface area (Å²) in [4.78, 5) is 1.98. The van der Waals surface area contributed by atoms with Crippen molar-refractivity contribution in [3.63, 3.8) is 0 Å². The molecule has 3 nitrogen and oxygen atoms in total. The molecule has 0 amide bonds. The van der Waals surface area contributed by atoms with Crippen LogP contribution in [-0.2, 0) is 6.54 Å². The summed E-state index contributed by atoms with van der Waals surface area (Å²) in [5.41, 5.74) is 1.52. The van der Waals surface area contributed by atoms with E-state index in [2.05, 4.69) is 0 Å². The lowest BCUT2D eigenvalue weighted by Gasteiger charge is -2.21. The summed E-state index contributed by atoms with van der Waals surface area (Å²) in [5.74, 6) is 1.47. The SMILES string of the molecule is Cc1ccc(CN(C)CC(O)c2ccc(F)cc2C)o1. The van der Waals surface area contributed by atoms with Gasteiger partial charge in [0, 0.05) is 6.54 Å². The molecule has 1 unspecified atom stereocenters. The predicted octanol–water partition coefficient (Wildman–Crippen LogP) is 3.20. The Morgan fingerprint density at radius 2 is 2.00 bits per heavy atom. The van der Waals surface area contributed by atoms with Gasteiger partial charge < -0.3 is 9.52 Å². The van der Waals surface area contributed by atoms with E-state index < -0.39 is 6.10 Å². The first-order chi connectivity index (χ1) is 9.45. The minimum Gasteiger partial charge on any atom is -0.465 e. The topological polar surface area (TPSA) is 36.6 Å². The van der Waals surface area contributed by atoms with Crippen LogP contribution in [0.3, 0.4) is 0 Å². The van der Waals surface area contributed by atoms with Gasteiger partial charge in [-0.2, -0.15) is 0 Å². The highest BCUT2D eigenvalue weighted by Crippen LogP contribution is 2.20. The molecule has 108 valence electrons. The van der Waals surface area contributed by atoms with E-state index in [0.29, 0.717) is 13.1 Å². The van der Waals surface area contributed by atoms with Gasteiger partial charge in [-0.3, -0.25) is 4.90 Å². The number of furan rings is 1. The molecule has 0 aliphatic carbocycles. The maximum Gasteiger partial charge on any atom is 0.123 e. The van der Waals surface area contributed by atoms with Gasteiger partial charge in [-0.05, 0) is 56.3 Å². The highest BCUT2D eigenvalue weighted by Gasteiger charge is 2.14. The van der Waals surface area contributed by atoms with Crippen LogP contribution in [0, 0.1) is 19.7 Å². The van der Waals surface area contributed by atoms with E-state index >= 15 is 0 Å². The van der Waals surface area contributed by atoms with Crippen molar-refractivity contribution in [1.29, 1.82) is 0 Å². The molecule has 2 rings (SSSR count). The minimum atomic E-state index is -0.642. The lowest BCUT2D eigenvalue weighted by atomic mass is 10.0. The third-order valence-corrected chi connectivity index (χ3v) is 3.30. The Kier molecular flexibility index (Phi) is 4.57. The average Bonchev–Trinajstić information content (AvgIpc) is 2.74. The van der Waals surface area contributed by atoms with Crippen LogP contribution in [0.25, 0.3) is 0 Å². The smallest absolute Gasteiger partial charge is 0.123 e. The van der Waals surface area contributed by atoms with Crippen LogP contribution in [0.4, 0.5) is 4.39 Å². The zero-order chi connectivity index (χ0) is 14.7. The molecule has 1 atom stereocenters. The van der Waals surface area contributed by atoms with Crippen LogP contribution >= 0.6 is 0 Å². The molecule has 1 aromatic heterocycles. The van der Waals surface area contributed by atoms with Crippen molar-refractivity contribution >= 4 is 0 Å². The molecule has 0 aliphatic heterocycles. The van der Waals surface area contributed by atoms with Crippen LogP contribution in [0.5, 0.6) is 0 Å². The Morgan fingerprint density at radius 3 is 2.60 bits per heavy atom. The first-order valence-electron chi connectivity index (χ1n) is 6.63. The summed E-state index contributed by atoms with van der Waals surface area (Å²) < 4.78 is 18.6. The van der Waals surface area contributed by atoms with Gasteiger partial charge >= 0.3 is 0 Å². The van der Waals surface area contributed by atoms with Crippen LogP contribution in [0.15, 0.2) is 34.7 Å². The van der Waals surface area contributed by atoms with Crippen LogP contribution in [0.2, 0.25) is 0 Å². The summed E-state index contributed by atoms with van der Waals surface area (Å²) in [6.07, 6.45) is -0.642. The Hall–Kier alpha value is -1.65. The number of likely N-dealkylation sites (N-methyl/N-ethyl adjacent to an activating group) is 1. The van der Waals surface area contributed by atoms with E-state index in [1.54, 1.807) is 13.0 Å².